The van der Waals surface area contributed by atoms with Crippen molar-refractivity contribution < 1.29 is 9.72 Å². The van der Waals surface area contributed by atoms with Crippen molar-refractivity contribution in [1.29, 1.82) is 5.26 Å². The van der Waals surface area contributed by atoms with Gasteiger partial charge in [-0.3, -0.25) is 14.9 Å². The number of amides is 1. The van der Waals surface area contributed by atoms with Gasteiger partial charge in [-0.25, -0.2) is 0 Å². The fourth-order valence-corrected chi connectivity index (χ4v) is 1.44. The van der Waals surface area contributed by atoms with Crippen LogP contribution in [-0.4, -0.2) is 16.4 Å². The van der Waals surface area contributed by atoms with Crippen molar-refractivity contribution in [2.75, 3.05) is 0 Å². The van der Waals surface area contributed by atoms with Gasteiger partial charge in [-0.05, 0) is 19.9 Å². The van der Waals surface area contributed by atoms with E-state index in [1.54, 1.807) is 0 Å². The molecule has 0 radical (unpaired) electrons. The summed E-state index contributed by atoms with van der Waals surface area (Å²) >= 11 is 5.79. The molecule has 0 saturated heterocycles. The highest BCUT2D eigenvalue weighted by molar-refractivity contribution is 6.34. The molecule has 1 aromatic carbocycles. The molecule has 0 aliphatic carbocycles. The summed E-state index contributed by atoms with van der Waals surface area (Å²) in [5.41, 5.74) is -1.15. The van der Waals surface area contributed by atoms with Gasteiger partial charge in [0.05, 0.1) is 21.6 Å². The number of nitrogens with one attached hydrogen (secondary N) is 1. The Hall–Kier alpha value is -2.13. The number of hydrogen-bond donors (Lipinski definition) is 1. The number of halogens is 1. The molecule has 0 fully saturated rings. The highest BCUT2D eigenvalue weighted by Crippen LogP contribution is 2.22. The van der Waals surface area contributed by atoms with Crippen molar-refractivity contribution in [3.63, 3.8) is 0 Å². The normalized spacial score (nSPS) is 10.6. The van der Waals surface area contributed by atoms with Gasteiger partial charge in [-0.1, -0.05) is 11.6 Å². The highest BCUT2D eigenvalue weighted by atomic mass is 35.5. The molecule has 0 aliphatic rings. The molecule has 0 saturated carbocycles. The van der Waals surface area contributed by atoms with Crippen molar-refractivity contribution in [1.82, 2.24) is 5.32 Å². The van der Waals surface area contributed by atoms with Crippen LogP contribution in [0.1, 0.15) is 24.2 Å². The second-order valence-electron chi connectivity index (χ2n) is 4.11. The summed E-state index contributed by atoms with van der Waals surface area (Å²) in [6, 6.07) is 5.43. The summed E-state index contributed by atoms with van der Waals surface area (Å²) < 4.78 is 0. The van der Waals surface area contributed by atoms with Crippen molar-refractivity contribution in [2.45, 2.75) is 19.4 Å². The van der Waals surface area contributed by atoms with Crippen LogP contribution in [0.4, 0.5) is 5.69 Å². The lowest BCUT2D eigenvalue weighted by Gasteiger charge is -2.17. The molecule has 0 heterocycles. The zero-order valence-electron chi connectivity index (χ0n) is 9.73. The van der Waals surface area contributed by atoms with E-state index in [1.165, 1.54) is 26.0 Å². The number of rotatable bonds is 3. The van der Waals surface area contributed by atoms with E-state index in [2.05, 4.69) is 5.32 Å². The van der Waals surface area contributed by atoms with Gasteiger partial charge in [-0.2, -0.15) is 5.26 Å². The first-order valence-corrected chi connectivity index (χ1v) is 5.32. The van der Waals surface area contributed by atoms with Crippen LogP contribution in [0.2, 0.25) is 5.02 Å². The summed E-state index contributed by atoms with van der Waals surface area (Å²) in [5, 5.41) is 21.7. The first-order chi connectivity index (χ1) is 8.26. The largest absolute Gasteiger partial charge is 0.334 e. The maximum absolute atomic E-state index is 11.8. The topological polar surface area (TPSA) is 96.0 Å². The number of carbonyl (C=O) groups is 1. The minimum absolute atomic E-state index is 0.0320. The zero-order valence-corrected chi connectivity index (χ0v) is 10.5. The third kappa shape index (κ3) is 3.18. The van der Waals surface area contributed by atoms with Crippen LogP contribution in [-0.2, 0) is 0 Å². The van der Waals surface area contributed by atoms with Gasteiger partial charge in [-0.15, -0.1) is 0 Å². The van der Waals surface area contributed by atoms with Gasteiger partial charge >= 0.3 is 0 Å². The summed E-state index contributed by atoms with van der Waals surface area (Å²) in [4.78, 5) is 21.7. The Morgan fingerprint density at radius 2 is 2.17 bits per heavy atom. The van der Waals surface area contributed by atoms with Gasteiger partial charge in [0.15, 0.2) is 0 Å². The molecule has 1 rings (SSSR count). The van der Waals surface area contributed by atoms with Gasteiger partial charge < -0.3 is 5.32 Å². The minimum atomic E-state index is -1.04. The Morgan fingerprint density at radius 3 is 2.61 bits per heavy atom. The van der Waals surface area contributed by atoms with Crippen LogP contribution in [0.3, 0.4) is 0 Å². The summed E-state index contributed by atoms with van der Waals surface area (Å²) in [7, 11) is 0. The van der Waals surface area contributed by atoms with Gasteiger partial charge in [0, 0.05) is 12.1 Å². The summed E-state index contributed by atoms with van der Waals surface area (Å²) in [6.07, 6.45) is 0. The van der Waals surface area contributed by atoms with Gasteiger partial charge in [0.25, 0.3) is 11.6 Å². The first kappa shape index (κ1) is 13.9. The second kappa shape index (κ2) is 5.02. The summed E-state index contributed by atoms with van der Waals surface area (Å²) in [5.74, 6) is -0.554. The average molecular weight is 268 g/mol. The predicted octanol–water partition coefficient (Wildman–Crippen LogP) is 2.28. The molecule has 0 bridgehead atoms. The maximum atomic E-state index is 11.8. The monoisotopic (exact) mass is 267 g/mol. The Labute approximate surface area is 108 Å². The van der Waals surface area contributed by atoms with E-state index in [-0.39, 0.29) is 16.3 Å². The number of nitrogens with zero attached hydrogens (tertiary/aromatic N) is 2. The fraction of sp³-hybridized carbons (Fsp3) is 0.273. The smallest absolute Gasteiger partial charge is 0.270 e. The first-order valence-electron chi connectivity index (χ1n) is 4.94. The van der Waals surface area contributed by atoms with Gasteiger partial charge in [0.1, 0.15) is 5.54 Å². The van der Waals surface area contributed by atoms with Crippen molar-refractivity contribution >= 4 is 23.2 Å². The number of nitriles is 1. The number of nitro benzene ring substituents is 1. The van der Waals surface area contributed by atoms with E-state index in [9.17, 15) is 14.9 Å². The fourth-order valence-electron chi connectivity index (χ4n) is 1.18. The van der Waals surface area contributed by atoms with Crippen LogP contribution in [0.5, 0.6) is 0 Å². The number of non-ortho nitro benzene ring substituents is 1. The number of hydrogen-bond acceptors (Lipinski definition) is 4. The van der Waals surface area contributed by atoms with Crippen LogP contribution < -0.4 is 5.32 Å². The standard InChI is InChI=1S/C11H10ClN3O3/c1-11(2,6-13)14-10(16)8-4-3-7(15(17)18)5-9(8)12/h3-5H,1-2H3,(H,14,16). The van der Waals surface area contributed by atoms with Crippen molar-refractivity contribution in [3.8, 4) is 6.07 Å². The van der Waals surface area contributed by atoms with E-state index < -0.39 is 16.4 Å². The van der Waals surface area contributed by atoms with E-state index in [1.807, 2.05) is 6.07 Å². The second-order valence-corrected chi connectivity index (χ2v) is 4.52. The molecule has 6 nitrogen and oxygen atoms in total. The maximum Gasteiger partial charge on any atom is 0.270 e. The van der Waals surface area contributed by atoms with Crippen molar-refractivity contribution in [3.05, 3.63) is 38.9 Å². The lowest BCUT2D eigenvalue weighted by Crippen LogP contribution is -2.42. The molecule has 0 spiro atoms. The molecule has 0 aromatic heterocycles. The van der Waals surface area contributed by atoms with Gasteiger partial charge in [0.2, 0.25) is 0 Å². The predicted molar refractivity (Wildman–Crippen MR) is 65.3 cm³/mol. The Morgan fingerprint density at radius 1 is 1.56 bits per heavy atom. The van der Waals surface area contributed by atoms with E-state index in [0.717, 1.165) is 6.07 Å². The van der Waals surface area contributed by atoms with Crippen LogP contribution in [0, 0.1) is 21.4 Å². The Kier molecular flexibility index (Phi) is 3.89. The Balaban J connectivity index is 3.02. The molecule has 18 heavy (non-hydrogen) atoms. The van der Waals surface area contributed by atoms with E-state index in [4.69, 9.17) is 16.9 Å². The molecule has 1 amide bonds. The van der Waals surface area contributed by atoms with Crippen LogP contribution in [0.15, 0.2) is 18.2 Å². The van der Waals surface area contributed by atoms with Crippen LogP contribution in [0.25, 0.3) is 0 Å². The molecule has 0 unspecified atom stereocenters. The third-order valence-corrected chi connectivity index (χ3v) is 2.43. The third-order valence-electron chi connectivity index (χ3n) is 2.11. The molecule has 94 valence electrons. The van der Waals surface area contributed by atoms with E-state index in [0.29, 0.717) is 0 Å². The number of benzene rings is 1. The average Bonchev–Trinajstić information content (AvgIpc) is 2.28. The minimum Gasteiger partial charge on any atom is -0.334 e. The molecule has 0 aliphatic heterocycles. The van der Waals surface area contributed by atoms with Crippen molar-refractivity contribution in [2.24, 2.45) is 0 Å². The van der Waals surface area contributed by atoms with Crippen LogP contribution >= 0.6 is 11.6 Å². The molecule has 1 N–H and O–H groups in total. The Bertz CT molecular complexity index is 549. The summed E-state index contributed by atoms with van der Waals surface area (Å²) in [6.45, 7) is 3.06. The zero-order chi connectivity index (χ0) is 13.9. The molecule has 1 aromatic rings. The number of nitro groups is 1. The highest BCUT2D eigenvalue weighted by Gasteiger charge is 2.22. The number of carbonyl (C=O) groups excluding carboxylic acids is 1. The molecular weight excluding hydrogens is 258 g/mol. The lowest BCUT2D eigenvalue weighted by atomic mass is 10.1. The SMILES string of the molecule is CC(C)(C#N)NC(=O)c1ccc([N+](=O)[O-])cc1Cl. The molecular formula is C11H10ClN3O3. The molecule has 0 atom stereocenters. The van der Waals surface area contributed by atoms with E-state index >= 15 is 0 Å². The quantitative estimate of drug-likeness (QED) is 0.671. The lowest BCUT2D eigenvalue weighted by molar-refractivity contribution is -0.384. The molecule has 7 heteroatoms.